The molecule has 2 N–H and O–H groups in total. The Kier molecular flexibility index (Phi) is 4.66. The summed E-state index contributed by atoms with van der Waals surface area (Å²) in [6.07, 6.45) is 4.60. The van der Waals surface area contributed by atoms with Crippen LogP contribution in [0.5, 0.6) is 0 Å². The van der Waals surface area contributed by atoms with Crippen molar-refractivity contribution in [3.63, 3.8) is 0 Å². The van der Waals surface area contributed by atoms with E-state index < -0.39 is 11.9 Å². The van der Waals surface area contributed by atoms with Gasteiger partial charge >= 0.3 is 0 Å². The van der Waals surface area contributed by atoms with Crippen LogP contribution in [0.3, 0.4) is 0 Å². The van der Waals surface area contributed by atoms with Gasteiger partial charge in [0.05, 0.1) is 5.39 Å². The lowest BCUT2D eigenvalue weighted by molar-refractivity contribution is -0.120. The quantitative estimate of drug-likeness (QED) is 0.542. The van der Waals surface area contributed by atoms with Crippen molar-refractivity contribution in [2.75, 3.05) is 0 Å². The van der Waals surface area contributed by atoms with Gasteiger partial charge in [-0.05, 0) is 54.5 Å². The second-order valence-electron chi connectivity index (χ2n) is 7.99. The van der Waals surface area contributed by atoms with E-state index in [1.54, 1.807) is 18.3 Å². The molecule has 0 aliphatic heterocycles. The number of hydrogen-bond donors (Lipinski definition) is 1. The Hall–Kier alpha value is -2.99. The summed E-state index contributed by atoms with van der Waals surface area (Å²) in [5.41, 5.74) is 7.69. The molecule has 1 atom stereocenters. The Morgan fingerprint density at radius 3 is 2.77 bits per heavy atom. The number of amides is 1. The van der Waals surface area contributed by atoms with Crippen LogP contribution in [0.2, 0.25) is 0 Å². The predicted octanol–water partition coefficient (Wildman–Crippen LogP) is 4.13. The first-order chi connectivity index (χ1) is 14.5. The topological polar surface area (TPSA) is 78.0 Å². The number of primary amides is 1. The number of fused-ring (bicyclic) bond motifs is 4. The SMILES string of the molecule is CC(C(N)=O)n1c(Cc2cccc3ccccc23)nc2sc3c(c2c1=O)CCCC3. The largest absolute Gasteiger partial charge is 0.368 e. The molecule has 2 aromatic carbocycles. The van der Waals surface area contributed by atoms with Crippen LogP contribution in [0.4, 0.5) is 0 Å². The van der Waals surface area contributed by atoms with Gasteiger partial charge in [-0.25, -0.2) is 4.98 Å². The van der Waals surface area contributed by atoms with Gasteiger partial charge in [0.25, 0.3) is 5.56 Å². The summed E-state index contributed by atoms with van der Waals surface area (Å²) in [7, 11) is 0. The summed E-state index contributed by atoms with van der Waals surface area (Å²) in [4.78, 5) is 32.6. The van der Waals surface area contributed by atoms with E-state index in [0.29, 0.717) is 17.6 Å². The molecule has 1 unspecified atom stereocenters. The number of carbonyl (C=O) groups excluding carboxylic acids is 1. The molecule has 2 aromatic heterocycles. The average Bonchev–Trinajstić information content (AvgIpc) is 3.12. The zero-order valence-corrected chi connectivity index (χ0v) is 17.7. The van der Waals surface area contributed by atoms with Crippen LogP contribution in [0, 0.1) is 0 Å². The molecule has 2 heterocycles. The molecule has 30 heavy (non-hydrogen) atoms. The second-order valence-corrected chi connectivity index (χ2v) is 9.07. The van der Waals surface area contributed by atoms with Crippen molar-refractivity contribution in [2.24, 2.45) is 5.73 Å². The number of thiophene rings is 1. The van der Waals surface area contributed by atoms with Crippen LogP contribution < -0.4 is 11.3 Å². The summed E-state index contributed by atoms with van der Waals surface area (Å²) in [5, 5.41) is 2.95. The van der Waals surface area contributed by atoms with E-state index in [2.05, 4.69) is 24.3 Å². The van der Waals surface area contributed by atoms with Gasteiger partial charge in [-0.15, -0.1) is 11.3 Å². The van der Waals surface area contributed by atoms with Gasteiger partial charge in [0, 0.05) is 11.3 Å². The molecule has 152 valence electrons. The van der Waals surface area contributed by atoms with Crippen molar-refractivity contribution in [2.45, 2.75) is 45.1 Å². The third-order valence-corrected chi connectivity index (χ3v) is 7.31. The standard InChI is InChI=1S/C24H23N3O2S/c1-14(22(25)28)27-20(13-16-9-6-8-15-7-2-3-10-17(15)16)26-23-21(24(27)29)18-11-4-5-12-19(18)30-23/h2-3,6-10,14H,4-5,11-13H2,1H3,(H2,25,28). The monoisotopic (exact) mass is 417 g/mol. The zero-order chi connectivity index (χ0) is 20.8. The van der Waals surface area contributed by atoms with Gasteiger partial charge in [0.1, 0.15) is 16.7 Å². The van der Waals surface area contributed by atoms with Crippen LogP contribution in [0.15, 0.2) is 47.3 Å². The summed E-state index contributed by atoms with van der Waals surface area (Å²) >= 11 is 1.63. The minimum atomic E-state index is -0.751. The molecule has 0 spiro atoms. The summed E-state index contributed by atoms with van der Waals surface area (Å²) in [6.45, 7) is 1.68. The maximum Gasteiger partial charge on any atom is 0.263 e. The molecule has 6 heteroatoms. The molecular weight excluding hydrogens is 394 g/mol. The predicted molar refractivity (Wildman–Crippen MR) is 121 cm³/mol. The van der Waals surface area contributed by atoms with E-state index in [4.69, 9.17) is 10.7 Å². The number of aromatic nitrogens is 2. The van der Waals surface area contributed by atoms with Gasteiger partial charge < -0.3 is 5.73 Å². The Bertz CT molecular complexity index is 1350. The Morgan fingerprint density at radius 2 is 1.93 bits per heavy atom. The van der Waals surface area contributed by atoms with Crippen LogP contribution in [0.25, 0.3) is 21.0 Å². The Balaban J connectivity index is 1.75. The fraction of sp³-hybridized carbons (Fsp3) is 0.292. The molecule has 0 bridgehead atoms. The third kappa shape index (κ3) is 3.03. The maximum absolute atomic E-state index is 13.6. The first-order valence-electron chi connectivity index (χ1n) is 10.4. The minimum Gasteiger partial charge on any atom is -0.368 e. The molecule has 5 nitrogen and oxygen atoms in total. The van der Waals surface area contributed by atoms with Crippen LogP contribution in [-0.2, 0) is 24.1 Å². The van der Waals surface area contributed by atoms with Gasteiger partial charge in [-0.3, -0.25) is 14.2 Å². The van der Waals surface area contributed by atoms with Gasteiger partial charge in [-0.1, -0.05) is 42.5 Å². The first kappa shape index (κ1) is 19.0. The molecule has 1 aliphatic rings. The normalized spacial score (nSPS) is 14.7. The molecule has 0 fully saturated rings. The minimum absolute atomic E-state index is 0.138. The number of nitrogens with two attached hydrogens (primary N) is 1. The second kappa shape index (κ2) is 7.36. The molecule has 0 saturated heterocycles. The highest BCUT2D eigenvalue weighted by molar-refractivity contribution is 7.18. The molecule has 0 radical (unpaired) electrons. The highest BCUT2D eigenvalue weighted by Crippen LogP contribution is 2.34. The number of hydrogen-bond acceptors (Lipinski definition) is 4. The number of benzene rings is 2. The zero-order valence-electron chi connectivity index (χ0n) is 16.9. The van der Waals surface area contributed by atoms with Crippen molar-refractivity contribution in [3.8, 4) is 0 Å². The smallest absolute Gasteiger partial charge is 0.263 e. The third-order valence-electron chi connectivity index (χ3n) is 6.12. The molecule has 4 aromatic rings. The molecule has 5 rings (SSSR count). The van der Waals surface area contributed by atoms with Crippen LogP contribution >= 0.6 is 11.3 Å². The van der Waals surface area contributed by atoms with E-state index in [1.807, 2.05) is 18.2 Å². The molecule has 1 aliphatic carbocycles. The van der Waals surface area contributed by atoms with E-state index >= 15 is 0 Å². The number of nitrogens with zero attached hydrogens (tertiary/aromatic N) is 2. The van der Waals surface area contributed by atoms with Crippen molar-refractivity contribution >= 4 is 38.2 Å². The van der Waals surface area contributed by atoms with Crippen molar-refractivity contribution < 1.29 is 4.79 Å². The van der Waals surface area contributed by atoms with Crippen LogP contribution in [-0.4, -0.2) is 15.5 Å². The first-order valence-corrected chi connectivity index (χ1v) is 11.2. The lowest BCUT2D eigenvalue weighted by atomic mass is 9.97. The van der Waals surface area contributed by atoms with E-state index in [9.17, 15) is 9.59 Å². The summed E-state index contributed by atoms with van der Waals surface area (Å²) in [6, 6.07) is 13.6. The number of carbonyl (C=O) groups is 1. The highest BCUT2D eigenvalue weighted by atomic mass is 32.1. The number of aryl methyl sites for hydroxylation is 2. The van der Waals surface area contributed by atoms with E-state index in [1.165, 1.54) is 9.44 Å². The van der Waals surface area contributed by atoms with Crippen molar-refractivity contribution in [3.05, 3.63) is 74.6 Å². The fourth-order valence-electron chi connectivity index (χ4n) is 4.53. The average molecular weight is 418 g/mol. The number of rotatable bonds is 4. The van der Waals surface area contributed by atoms with Gasteiger partial charge in [0.15, 0.2) is 0 Å². The maximum atomic E-state index is 13.6. The fourth-order valence-corrected chi connectivity index (χ4v) is 5.80. The van der Waals surface area contributed by atoms with Gasteiger partial charge in [-0.2, -0.15) is 0 Å². The Labute approximate surface area is 178 Å². The lowest BCUT2D eigenvalue weighted by Crippen LogP contribution is -2.35. The van der Waals surface area contributed by atoms with E-state index in [0.717, 1.165) is 52.4 Å². The Morgan fingerprint density at radius 1 is 1.17 bits per heavy atom. The van der Waals surface area contributed by atoms with E-state index in [-0.39, 0.29) is 5.56 Å². The molecule has 0 saturated carbocycles. The molecule has 1 amide bonds. The van der Waals surface area contributed by atoms with Crippen molar-refractivity contribution in [1.29, 1.82) is 0 Å². The molecular formula is C24H23N3O2S. The lowest BCUT2D eigenvalue weighted by Gasteiger charge is -2.18. The summed E-state index contributed by atoms with van der Waals surface area (Å²) < 4.78 is 1.52. The van der Waals surface area contributed by atoms with Gasteiger partial charge in [0.2, 0.25) is 5.91 Å². The van der Waals surface area contributed by atoms with Crippen molar-refractivity contribution in [1.82, 2.24) is 9.55 Å². The highest BCUT2D eigenvalue weighted by Gasteiger charge is 2.25. The summed E-state index contributed by atoms with van der Waals surface area (Å²) in [5.74, 6) is 0.0651. The van der Waals surface area contributed by atoms with Crippen LogP contribution in [0.1, 0.15) is 47.6 Å².